The third-order valence-corrected chi connectivity index (χ3v) is 3.78. The summed E-state index contributed by atoms with van der Waals surface area (Å²) in [5.41, 5.74) is 8.12. The molecule has 11 heteroatoms. The van der Waals surface area contributed by atoms with Gasteiger partial charge in [0.05, 0.1) is 0 Å². The van der Waals surface area contributed by atoms with Crippen molar-refractivity contribution in [2.24, 2.45) is 5.73 Å². The van der Waals surface area contributed by atoms with Gasteiger partial charge in [0.2, 0.25) is 0 Å². The van der Waals surface area contributed by atoms with Crippen molar-refractivity contribution in [3.8, 4) is 5.75 Å². The molecule has 0 saturated carbocycles. The highest BCUT2D eigenvalue weighted by atomic mass is 35.5. The quantitative estimate of drug-likeness (QED) is 0.581. The number of carbonyl (C=O) groups excluding carboxylic acids is 2. The number of amides is 1. The maximum absolute atomic E-state index is 12.5. The van der Waals surface area contributed by atoms with Crippen LogP contribution in [-0.4, -0.2) is 48.5 Å². The van der Waals surface area contributed by atoms with Crippen LogP contribution in [0.15, 0.2) is 24.3 Å². The molecular weight excluding hydrogens is 379 g/mol. The Morgan fingerprint density at radius 1 is 1.23 bits per heavy atom. The lowest BCUT2D eigenvalue weighted by Gasteiger charge is -2.31. The number of benzene rings is 1. The normalized spacial score (nSPS) is 17.4. The van der Waals surface area contributed by atoms with Gasteiger partial charge in [0.1, 0.15) is 5.75 Å². The Balaban J connectivity index is 2.06. The molecule has 1 aliphatic rings. The fourth-order valence-corrected chi connectivity index (χ4v) is 2.28. The smallest absolute Gasteiger partial charge is 0.446 e. The monoisotopic (exact) mass is 395 g/mol. The summed E-state index contributed by atoms with van der Waals surface area (Å²) in [5, 5.41) is 1.83. The number of esters is 1. The van der Waals surface area contributed by atoms with Crippen molar-refractivity contribution in [1.82, 2.24) is 10.4 Å². The Kier molecular flexibility index (Phi) is 6.68. The summed E-state index contributed by atoms with van der Waals surface area (Å²) in [6.07, 6.45) is -6.18. The van der Waals surface area contributed by atoms with Crippen LogP contribution in [0.3, 0.4) is 0 Å². The fraction of sp³-hybridized carbons (Fsp3) is 0.467. The van der Waals surface area contributed by atoms with Crippen molar-refractivity contribution in [1.29, 1.82) is 0 Å². The minimum atomic E-state index is -5.26. The Bertz CT molecular complexity index is 634. The van der Waals surface area contributed by atoms with E-state index in [2.05, 4.69) is 10.2 Å². The van der Waals surface area contributed by atoms with Crippen molar-refractivity contribution in [2.75, 3.05) is 13.1 Å². The number of nitrogens with zero attached hydrogens (tertiary/aromatic N) is 1. The zero-order valence-corrected chi connectivity index (χ0v) is 14.2. The van der Waals surface area contributed by atoms with Gasteiger partial charge in [-0.15, -0.1) is 0 Å². The van der Waals surface area contributed by atoms with Gasteiger partial charge in [-0.25, -0.2) is 9.80 Å². The second-order valence-corrected chi connectivity index (χ2v) is 6.04. The number of piperidine rings is 1. The second kappa shape index (κ2) is 8.56. The molecule has 0 aromatic heterocycles. The number of rotatable bonds is 5. The lowest BCUT2D eigenvalue weighted by molar-refractivity contribution is -0.217. The molecular formula is C15H17ClF3N3O4. The SMILES string of the molecule is NC1CCN(NC(=O)C(OC(=O)C(F)(F)F)Oc2ccc(Cl)cc2)CC1. The van der Waals surface area contributed by atoms with Crippen molar-refractivity contribution < 1.29 is 32.2 Å². The predicted molar refractivity (Wildman–Crippen MR) is 84.9 cm³/mol. The van der Waals surface area contributed by atoms with E-state index in [1.165, 1.54) is 29.3 Å². The van der Waals surface area contributed by atoms with Crippen LogP contribution < -0.4 is 15.9 Å². The van der Waals surface area contributed by atoms with Crippen LogP contribution in [0.25, 0.3) is 0 Å². The van der Waals surface area contributed by atoms with Gasteiger partial charge >= 0.3 is 24.3 Å². The van der Waals surface area contributed by atoms with Crippen LogP contribution in [-0.2, 0) is 14.3 Å². The summed E-state index contributed by atoms with van der Waals surface area (Å²) in [4.78, 5) is 23.3. The summed E-state index contributed by atoms with van der Waals surface area (Å²) >= 11 is 5.71. The van der Waals surface area contributed by atoms with Crippen LogP contribution in [0, 0.1) is 0 Å². The number of halogens is 4. The highest BCUT2D eigenvalue weighted by Crippen LogP contribution is 2.21. The van der Waals surface area contributed by atoms with Crippen LogP contribution in [0.2, 0.25) is 5.02 Å². The summed E-state index contributed by atoms with van der Waals surface area (Å²) in [5.74, 6) is -3.58. The first-order valence-electron chi connectivity index (χ1n) is 7.66. The molecule has 0 radical (unpaired) electrons. The molecule has 1 fully saturated rings. The van der Waals surface area contributed by atoms with Crippen LogP contribution in [0.4, 0.5) is 13.2 Å². The van der Waals surface area contributed by atoms with Crippen molar-refractivity contribution in [2.45, 2.75) is 31.3 Å². The zero-order valence-electron chi connectivity index (χ0n) is 13.5. The highest BCUT2D eigenvalue weighted by molar-refractivity contribution is 6.30. The standard InChI is InChI=1S/C15H17ClF3N3O4/c16-9-1-3-11(4-2-9)25-13(26-14(24)15(17,18)19)12(23)21-22-7-5-10(20)6-8-22/h1-4,10,13H,5-8,20H2,(H,21,23). The number of hydrazine groups is 1. The molecule has 144 valence electrons. The van der Waals surface area contributed by atoms with E-state index in [-0.39, 0.29) is 11.8 Å². The molecule has 0 aliphatic carbocycles. The third-order valence-electron chi connectivity index (χ3n) is 3.52. The van der Waals surface area contributed by atoms with E-state index in [4.69, 9.17) is 22.1 Å². The molecule has 1 atom stereocenters. The summed E-state index contributed by atoms with van der Waals surface area (Å²) in [6, 6.07) is 5.45. The molecule has 2 rings (SSSR count). The first-order valence-corrected chi connectivity index (χ1v) is 8.04. The van der Waals surface area contributed by atoms with Crippen molar-refractivity contribution in [3.63, 3.8) is 0 Å². The highest BCUT2D eigenvalue weighted by Gasteiger charge is 2.44. The first-order chi connectivity index (χ1) is 12.1. The molecule has 1 aliphatic heterocycles. The number of nitrogens with one attached hydrogen (secondary N) is 1. The number of nitrogens with two attached hydrogens (primary N) is 1. The van der Waals surface area contributed by atoms with E-state index in [1.807, 2.05) is 0 Å². The predicted octanol–water partition coefficient (Wildman–Crippen LogP) is 1.60. The van der Waals surface area contributed by atoms with Gasteiger partial charge in [-0.05, 0) is 37.1 Å². The Hall–Kier alpha value is -2.04. The van der Waals surface area contributed by atoms with Gasteiger partial charge in [0.15, 0.2) is 0 Å². The molecule has 1 saturated heterocycles. The van der Waals surface area contributed by atoms with Gasteiger partial charge in [0.25, 0.3) is 0 Å². The molecule has 1 amide bonds. The molecule has 1 unspecified atom stereocenters. The summed E-state index contributed by atoms with van der Waals surface area (Å²) in [7, 11) is 0. The average molecular weight is 396 g/mol. The maximum atomic E-state index is 12.5. The van der Waals surface area contributed by atoms with Gasteiger partial charge in [-0.3, -0.25) is 10.2 Å². The molecule has 1 aromatic carbocycles. The largest absolute Gasteiger partial charge is 0.491 e. The maximum Gasteiger partial charge on any atom is 0.491 e. The van der Waals surface area contributed by atoms with Crippen molar-refractivity contribution >= 4 is 23.5 Å². The lowest BCUT2D eigenvalue weighted by Crippen LogP contribution is -2.54. The minimum absolute atomic E-state index is 0.00481. The van der Waals surface area contributed by atoms with E-state index in [9.17, 15) is 22.8 Å². The van der Waals surface area contributed by atoms with E-state index < -0.39 is 24.3 Å². The van der Waals surface area contributed by atoms with E-state index >= 15 is 0 Å². The van der Waals surface area contributed by atoms with Gasteiger partial charge in [-0.2, -0.15) is 13.2 Å². The van der Waals surface area contributed by atoms with Crippen LogP contribution >= 0.6 is 11.6 Å². The second-order valence-electron chi connectivity index (χ2n) is 5.61. The topological polar surface area (TPSA) is 93.9 Å². The average Bonchev–Trinajstić information content (AvgIpc) is 2.57. The van der Waals surface area contributed by atoms with Crippen LogP contribution in [0.1, 0.15) is 12.8 Å². The first kappa shape index (κ1) is 20.3. The van der Waals surface area contributed by atoms with E-state index in [0.29, 0.717) is 31.0 Å². The van der Waals surface area contributed by atoms with Crippen molar-refractivity contribution in [3.05, 3.63) is 29.3 Å². The van der Waals surface area contributed by atoms with E-state index in [1.54, 1.807) is 0 Å². The molecule has 1 heterocycles. The summed E-state index contributed by atoms with van der Waals surface area (Å²) in [6.45, 7) is 0.821. The lowest BCUT2D eigenvalue weighted by atomic mass is 10.1. The van der Waals surface area contributed by atoms with Gasteiger partial charge in [-0.1, -0.05) is 11.6 Å². The molecule has 1 aromatic rings. The zero-order chi connectivity index (χ0) is 19.3. The fourth-order valence-electron chi connectivity index (χ4n) is 2.15. The molecule has 0 spiro atoms. The molecule has 3 N–H and O–H groups in total. The molecule has 0 bridgehead atoms. The molecule has 7 nitrogen and oxygen atoms in total. The minimum Gasteiger partial charge on any atom is -0.446 e. The Labute approximate surface area is 152 Å². The Morgan fingerprint density at radius 2 is 1.81 bits per heavy atom. The summed E-state index contributed by atoms with van der Waals surface area (Å²) < 4.78 is 46.7. The number of alkyl halides is 3. The number of hydrogen-bond donors (Lipinski definition) is 2. The van der Waals surface area contributed by atoms with E-state index in [0.717, 1.165) is 0 Å². The number of hydrogen-bond acceptors (Lipinski definition) is 6. The van der Waals surface area contributed by atoms with Crippen LogP contribution in [0.5, 0.6) is 5.75 Å². The van der Waals surface area contributed by atoms with Gasteiger partial charge in [0, 0.05) is 24.2 Å². The third kappa shape index (κ3) is 6.04. The Morgan fingerprint density at radius 3 is 2.35 bits per heavy atom. The molecule has 26 heavy (non-hydrogen) atoms. The number of ether oxygens (including phenoxy) is 2. The van der Waals surface area contributed by atoms with Gasteiger partial charge < -0.3 is 15.2 Å². The number of carbonyl (C=O) groups is 2.